The third-order valence-electron chi connectivity index (χ3n) is 2.35. The zero-order valence-corrected chi connectivity index (χ0v) is 9.94. The Bertz CT molecular complexity index is 453. The summed E-state index contributed by atoms with van der Waals surface area (Å²) in [6, 6.07) is 0. The van der Waals surface area contributed by atoms with Crippen molar-refractivity contribution < 1.29 is 9.63 Å². The van der Waals surface area contributed by atoms with Gasteiger partial charge in [-0.1, -0.05) is 11.2 Å². The van der Waals surface area contributed by atoms with Crippen molar-refractivity contribution in [3.8, 4) is 0 Å². The van der Waals surface area contributed by atoms with Gasteiger partial charge >= 0.3 is 0 Å². The van der Waals surface area contributed by atoms with E-state index in [1.165, 1.54) is 11.3 Å². The summed E-state index contributed by atoms with van der Waals surface area (Å²) in [5.74, 6) is 0. The molecular formula is C11H12N3O2S. The monoisotopic (exact) mass is 250 g/mol. The van der Waals surface area contributed by atoms with E-state index in [-0.39, 0.29) is 11.8 Å². The number of nitrogen functional groups attached to an aromatic ring is 1. The summed E-state index contributed by atoms with van der Waals surface area (Å²) in [4.78, 5) is 20.0. The standard InChI is InChI=1S/C11H12N3O2S/c12-11-13-10(7-17-11)9(6-15)14-16-8-4-2-1-3-5-8/h2,4,7-8H,1,3,5H2,(H2,12,13)/b14-9+. The molecule has 1 atom stereocenters. The van der Waals surface area contributed by atoms with Gasteiger partial charge in [-0.25, -0.2) is 4.98 Å². The van der Waals surface area contributed by atoms with Crippen LogP contribution in [-0.2, 0) is 9.63 Å². The fraction of sp³-hybridized carbons (Fsp3) is 0.364. The summed E-state index contributed by atoms with van der Waals surface area (Å²) < 4.78 is 0. The zero-order chi connectivity index (χ0) is 12.1. The molecule has 5 nitrogen and oxygen atoms in total. The lowest BCUT2D eigenvalue weighted by Crippen LogP contribution is -2.12. The highest BCUT2D eigenvalue weighted by molar-refractivity contribution is 7.13. The van der Waals surface area contributed by atoms with Gasteiger partial charge < -0.3 is 10.6 Å². The highest BCUT2D eigenvalue weighted by Gasteiger charge is 2.12. The first kappa shape index (κ1) is 11.8. The van der Waals surface area contributed by atoms with Crippen molar-refractivity contribution in [3.05, 3.63) is 23.2 Å². The van der Waals surface area contributed by atoms with E-state index in [0.717, 1.165) is 19.3 Å². The maximum absolute atomic E-state index is 10.8. The van der Waals surface area contributed by atoms with E-state index >= 15 is 0 Å². The first-order valence-electron chi connectivity index (χ1n) is 5.29. The molecule has 1 unspecified atom stereocenters. The predicted octanol–water partition coefficient (Wildman–Crippen LogP) is 1.66. The molecule has 2 N–H and O–H groups in total. The van der Waals surface area contributed by atoms with Crippen LogP contribution in [0.4, 0.5) is 5.13 Å². The van der Waals surface area contributed by atoms with Crippen LogP contribution < -0.4 is 5.73 Å². The minimum atomic E-state index is -0.0666. The molecule has 0 aromatic carbocycles. The minimum absolute atomic E-state index is 0.0527. The van der Waals surface area contributed by atoms with Gasteiger partial charge in [-0.15, -0.1) is 11.3 Å². The van der Waals surface area contributed by atoms with Gasteiger partial charge in [-0.3, -0.25) is 4.79 Å². The number of hydrogen-bond donors (Lipinski definition) is 1. The van der Waals surface area contributed by atoms with Crippen LogP contribution in [0.1, 0.15) is 25.0 Å². The average Bonchev–Trinajstić information content (AvgIpc) is 2.78. The largest absolute Gasteiger partial charge is 0.388 e. The fourth-order valence-electron chi connectivity index (χ4n) is 1.50. The van der Waals surface area contributed by atoms with Gasteiger partial charge in [-0.2, -0.15) is 0 Å². The van der Waals surface area contributed by atoms with E-state index in [9.17, 15) is 4.79 Å². The van der Waals surface area contributed by atoms with Gasteiger partial charge in [0.1, 0.15) is 11.8 Å². The van der Waals surface area contributed by atoms with Crippen LogP contribution in [0.25, 0.3) is 0 Å². The second kappa shape index (κ2) is 5.58. The Morgan fingerprint density at radius 2 is 2.59 bits per heavy atom. The number of aromatic nitrogens is 1. The van der Waals surface area contributed by atoms with Crippen molar-refractivity contribution in [2.75, 3.05) is 5.73 Å². The third-order valence-corrected chi connectivity index (χ3v) is 3.02. The molecule has 0 amide bonds. The van der Waals surface area contributed by atoms with Crippen molar-refractivity contribution in [1.82, 2.24) is 4.98 Å². The smallest absolute Gasteiger partial charge is 0.259 e. The molecular weight excluding hydrogens is 238 g/mol. The molecule has 1 radical (unpaired) electrons. The topological polar surface area (TPSA) is 77.6 Å². The van der Waals surface area contributed by atoms with Crippen molar-refractivity contribution in [1.29, 1.82) is 0 Å². The fourth-order valence-corrected chi connectivity index (χ4v) is 2.05. The van der Waals surface area contributed by atoms with Gasteiger partial charge in [0.25, 0.3) is 6.29 Å². The molecule has 6 heteroatoms. The molecule has 0 aliphatic heterocycles. The second-order valence-electron chi connectivity index (χ2n) is 3.62. The lowest BCUT2D eigenvalue weighted by molar-refractivity contribution is 0.0826. The second-order valence-corrected chi connectivity index (χ2v) is 4.51. The molecule has 2 rings (SSSR count). The highest BCUT2D eigenvalue weighted by Crippen LogP contribution is 2.15. The van der Waals surface area contributed by atoms with E-state index < -0.39 is 0 Å². The van der Waals surface area contributed by atoms with Gasteiger partial charge in [0.05, 0.1) is 0 Å². The minimum Gasteiger partial charge on any atom is -0.388 e. The Morgan fingerprint density at radius 1 is 1.71 bits per heavy atom. The van der Waals surface area contributed by atoms with Crippen molar-refractivity contribution in [2.45, 2.75) is 25.4 Å². The predicted molar refractivity (Wildman–Crippen MR) is 66.6 cm³/mol. The summed E-state index contributed by atoms with van der Waals surface area (Å²) in [6.45, 7) is 0. The molecule has 0 saturated heterocycles. The molecule has 1 aromatic rings. The molecule has 0 bridgehead atoms. The van der Waals surface area contributed by atoms with E-state index in [1.807, 2.05) is 6.08 Å². The van der Waals surface area contributed by atoms with Crippen LogP contribution in [-0.4, -0.2) is 23.1 Å². The number of nitrogens with two attached hydrogens (primary N) is 1. The number of oxime groups is 1. The number of nitrogens with zero attached hydrogens (tertiary/aromatic N) is 2. The number of rotatable bonds is 4. The quantitative estimate of drug-likeness (QED) is 0.501. The van der Waals surface area contributed by atoms with Gasteiger partial charge in [-0.05, 0) is 25.3 Å². The molecule has 17 heavy (non-hydrogen) atoms. The van der Waals surface area contributed by atoms with Crippen molar-refractivity contribution in [3.63, 3.8) is 0 Å². The number of anilines is 1. The number of thiazole rings is 1. The summed E-state index contributed by atoms with van der Waals surface area (Å²) in [5, 5.41) is 5.82. The van der Waals surface area contributed by atoms with Crippen molar-refractivity contribution >= 4 is 28.5 Å². The lowest BCUT2D eigenvalue weighted by Gasteiger charge is -2.13. The van der Waals surface area contributed by atoms with Crippen LogP contribution in [0.3, 0.4) is 0 Å². The lowest BCUT2D eigenvalue weighted by atomic mass is 10.1. The van der Waals surface area contributed by atoms with Crippen LogP contribution in [0.15, 0.2) is 22.7 Å². The average molecular weight is 250 g/mol. The molecule has 1 aliphatic carbocycles. The SMILES string of the molecule is Nc1nc(/C([C]=O)=N/OC2C=CCCC2)cs1. The van der Waals surface area contributed by atoms with Crippen molar-refractivity contribution in [2.24, 2.45) is 5.16 Å². The number of allylic oxidation sites excluding steroid dienone is 1. The Hall–Kier alpha value is -1.69. The summed E-state index contributed by atoms with van der Waals surface area (Å²) in [6.07, 6.45) is 8.69. The normalized spacial score (nSPS) is 20.2. The van der Waals surface area contributed by atoms with Crippen LogP contribution in [0.2, 0.25) is 0 Å². The molecule has 89 valence electrons. The van der Waals surface area contributed by atoms with Crippen LogP contribution in [0, 0.1) is 0 Å². The van der Waals surface area contributed by atoms with E-state index in [2.05, 4.69) is 16.2 Å². The van der Waals surface area contributed by atoms with E-state index in [0.29, 0.717) is 10.8 Å². The Labute approximate surface area is 103 Å². The van der Waals surface area contributed by atoms with E-state index in [4.69, 9.17) is 10.6 Å². The first-order chi connectivity index (χ1) is 8.29. The summed E-state index contributed by atoms with van der Waals surface area (Å²) >= 11 is 1.25. The zero-order valence-electron chi connectivity index (χ0n) is 9.13. The van der Waals surface area contributed by atoms with Crippen LogP contribution >= 0.6 is 11.3 Å². The Balaban J connectivity index is 2.05. The van der Waals surface area contributed by atoms with Gasteiger partial charge in [0.2, 0.25) is 0 Å². The maximum atomic E-state index is 10.8. The third kappa shape index (κ3) is 3.13. The number of hydrogen-bond acceptors (Lipinski definition) is 6. The summed E-state index contributed by atoms with van der Waals surface area (Å²) in [5.41, 5.74) is 5.94. The molecule has 0 saturated carbocycles. The molecule has 1 aromatic heterocycles. The molecule has 0 fully saturated rings. The first-order valence-corrected chi connectivity index (χ1v) is 6.17. The van der Waals surface area contributed by atoms with Gasteiger partial charge in [0.15, 0.2) is 10.8 Å². The molecule has 1 heterocycles. The number of carbonyl (C=O) groups excluding carboxylic acids is 1. The summed E-state index contributed by atoms with van der Waals surface area (Å²) in [7, 11) is 0. The molecule has 1 aliphatic rings. The van der Waals surface area contributed by atoms with Crippen LogP contribution in [0.5, 0.6) is 0 Å². The maximum Gasteiger partial charge on any atom is 0.259 e. The Kier molecular flexibility index (Phi) is 3.87. The molecule has 0 spiro atoms. The highest BCUT2D eigenvalue weighted by atomic mass is 32.1. The Morgan fingerprint density at radius 3 is 3.18 bits per heavy atom. The van der Waals surface area contributed by atoms with E-state index in [1.54, 1.807) is 11.7 Å². The van der Waals surface area contributed by atoms with Gasteiger partial charge in [0, 0.05) is 5.38 Å².